The number of pyridine rings is 1. The summed E-state index contributed by atoms with van der Waals surface area (Å²) in [5, 5.41) is 0.305. The molecule has 0 N–H and O–H groups in total. The van der Waals surface area contributed by atoms with Gasteiger partial charge in [-0.25, -0.2) is 4.98 Å². The standard InChI is InChI=1S/C12H12ClNO4/c1-7(8-4-5-9(13)14-6-8)10(11(15)17-2)12(16)18-3/h4-6,10H,1H2,2-3H3. The van der Waals surface area contributed by atoms with Crippen LogP contribution in [0.15, 0.2) is 24.9 Å². The summed E-state index contributed by atoms with van der Waals surface area (Å²) < 4.78 is 9.11. The van der Waals surface area contributed by atoms with E-state index in [1.807, 2.05) is 0 Å². The van der Waals surface area contributed by atoms with Crippen LogP contribution in [0.1, 0.15) is 5.56 Å². The lowest BCUT2D eigenvalue weighted by molar-refractivity contribution is -0.155. The molecule has 6 heteroatoms. The normalized spacial score (nSPS) is 10.0. The van der Waals surface area contributed by atoms with E-state index in [-0.39, 0.29) is 5.57 Å². The largest absolute Gasteiger partial charge is 0.468 e. The Balaban J connectivity index is 3.06. The molecule has 96 valence electrons. The molecule has 5 nitrogen and oxygen atoms in total. The molecule has 0 spiro atoms. The smallest absolute Gasteiger partial charge is 0.324 e. The van der Waals surface area contributed by atoms with Crippen molar-refractivity contribution in [2.24, 2.45) is 5.92 Å². The molecule has 0 amide bonds. The van der Waals surface area contributed by atoms with Crippen LogP contribution in [0.2, 0.25) is 5.15 Å². The number of nitrogens with zero attached hydrogens (tertiary/aromatic N) is 1. The average Bonchev–Trinajstić information content (AvgIpc) is 2.39. The molecule has 0 atom stereocenters. The number of aromatic nitrogens is 1. The van der Waals surface area contributed by atoms with Gasteiger partial charge in [0.25, 0.3) is 0 Å². The summed E-state index contributed by atoms with van der Waals surface area (Å²) in [5.74, 6) is -2.67. The molecule has 1 rings (SSSR count). The number of rotatable bonds is 4. The monoisotopic (exact) mass is 269 g/mol. The topological polar surface area (TPSA) is 65.5 Å². The maximum atomic E-state index is 11.6. The number of ether oxygens (including phenoxy) is 2. The van der Waals surface area contributed by atoms with Crippen molar-refractivity contribution in [2.45, 2.75) is 0 Å². The summed E-state index contributed by atoms with van der Waals surface area (Å²) in [6.45, 7) is 3.71. The van der Waals surface area contributed by atoms with E-state index in [1.54, 1.807) is 6.07 Å². The van der Waals surface area contributed by atoms with Gasteiger partial charge in [0.15, 0.2) is 5.92 Å². The molecule has 0 unspecified atom stereocenters. The zero-order valence-corrected chi connectivity index (χ0v) is 10.7. The maximum Gasteiger partial charge on any atom is 0.324 e. The molecule has 0 saturated heterocycles. The van der Waals surface area contributed by atoms with E-state index in [0.29, 0.717) is 10.7 Å². The van der Waals surface area contributed by atoms with Crippen LogP contribution in [-0.2, 0) is 19.1 Å². The Bertz CT molecular complexity index is 453. The van der Waals surface area contributed by atoms with E-state index < -0.39 is 17.9 Å². The quantitative estimate of drug-likeness (QED) is 0.473. The Morgan fingerprint density at radius 1 is 1.28 bits per heavy atom. The van der Waals surface area contributed by atoms with E-state index in [2.05, 4.69) is 21.0 Å². The van der Waals surface area contributed by atoms with Gasteiger partial charge in [-0.15, -0.1) is 0 Å². The lowest BCUT2D eigenvalue weighted by atomic mass is 9.95. The van der Waals surface area contributed by atoms with Gasteiger partial charge in [-0.2, -0.15) is 0 Å². The Morgan fingerprint density at radius 2 is 1.83 bits per heavy atom. The fourth-order valence-electron chi connectivity index (χ4n) is 1.35. The van der Waals surface area contributed by atoms with Crippen LogP contribution in [-0.4, -0.2) is 31.1 Å². The fraction of sp³-hybridized carbons (Fsp3) is 0.250. The minimum absolute atomic E-state index is 0.248. The zero-order chi connectivity index (χ0) is 13.7. The fourth-order valence-corrected chi connectivity index (χ4v) is 1.46. The summed E-state index contributed by atoms with van der Waals surface area (Å²) in [6.07, 6.45) is 1.42. The van der Waals surface area contributed by atoms with Crippen LogP contribution in [0.5, 0.6) is 0 Å². The lowest BCUT2D eigenvalue weighted by Gasteiger charge is -2.15. The first kappa shape index (κ1) is 14.2. The highest BCUT2D eigenvalue weighted by molar-refractivity contribution is 6.29. The van der Waals surface area contributed by atoms with Crippen LogP contribution in [0.3, 0.4) is 0 Å². The number of hydrogen-bond donors (Lipinski definition) is 0. The van der Waals surface area contributed by atoms with Crippen LogP contribution < -0.4 is 0 Å². The summed E-state index contributed by atoms with van der Waals surface area (Å²) >= 11 is 5.65. The van der Waals surface area contributed by atoms with E-state index in [1.165, 1.54) is 26.5 Å². The maximum absolute atomic E-state index is 11.6. The number of esters is 2. The summed E-state index contributed by atoms with van der Waals surface area (Å²) in [7, 11) is 2.37. The molecule has 0 aliphatic rings. The van der Waals surface area contributed by atoms with Crippen molar-refractivity contribution in [1.29, 1.82) is 0 Å². The number of halogens is 1. The van der Waals surface area contributed by atoms with Gasteiger partial charge in [-0.3, -0.25) is 9.59 Å². The van der Waals surface area contributed by atoms with E-state index in [9.17, 15) is 9.59 Å². The van der Waals surface area contributed by atoms with Gasteiger partial charge in [0.2, 0.25) is 0 Å². The molecular weight excluding hydrogens is 258 g/mol. The second-order valence-corrected chi connectivity index (χ2v) is 3.76. The molecule has 0 aromatic carbocycles. The molecule has 1 aromatic rings. The van der Waals surface area contributed by atoms with E-state index >= 15 is 0 Å². The minimum atomic E-state index is -1.21. The van der Waals surface area contributed by atoms with Gasteiger partial charge in [0, 0.05) is 6.20 Å². The molecule has 0 radical (unpaired) electrons. The highest BCUT2D eigenvalue weighted by Crippen LogP contribution is 2.24. The van der Waals surface area contributed by atoms with Crippen LogP contribution >= 0.6 is 11.6 Å². The number of carbonyl (C=O) groups is 2. The third-order valence-corrected chi connectivity index (χ3v) is 2.54. The Morgan fingerprint density at radius 3 is 2.22 bits per heavy atom. The predicted molar refractivity (Wildman–Crippen MR) is 65.8 cm³/mol. The summed E-state index contributed by atoms with van der Waals surface area (Å²) in [4.78, 5) is 27.0. The molecule has 1 aromatic heterocycles. The Labute approximate surface area is 109 Å². The van der Waals surface area contributed by atoms with Gasteiger partial charge in [0.05, 0.1) is 14.2 Å². The predicted octanol–water partition coefficient (Wildman–Crippen LogP) is 1.71. The van der Waals surface area contributed by atoms with Gasteiger partial charge in [-0.1, -0.05) is 24.2 Å². The Kier molecular flexibility index (Phi) is 4.85. The summed E-state index contributed by atoms with van der Waals surface area (Å²) in [5.41, 5.74) is 0.762. The molecule has 0 bridgehead atoms. The van der Waals surface area contributed by atoms with E-state index in [0.717, 1.165) is 0 Å². The van der Waals surface area contributed by atoms with Crippen molar-refractivity contribution in [3.05, 3.63) is 35.6 Å². The first-order chi connectivity index (χ1) is 8.51. The lowest BCUT2D eigenvalue weighted by Crippen LogP contribution is -2.27. The van der Waals surface area contributed by atoms with Crippen molar-refractivity contribution < 1.29 is 19.1 Å². The highest BCUT2D eigenvalue weighted by atomic mass is 35.5. The molecular formula is C12H12ClNO4. The van der Waals surface area contributed by atoms with Crippen molar-refractivity contribution in [3.63, 3.8) is 0 Å². The minimum Gasteiger partial charge on any atom is -0.468 e. The van der Waals surface area contributed by atoms with Gasteiger partial charge in [-0.05, 0) is 17.2 Å². The first-order valence-corrected chi connectivity index (χ1v) is 5.35. The van der Waals surface area contributed by atoms with Crippen molar-refractivity contribution >= 4 is 29.1 Å². The van der Waals surface area contributed by atoms with E-state index in [4.69, 9.17) is 11.6 Å². The van der Waals surface area contributed by atoms with Crippen LogP contribution in [0, 0.1) is 5.92 Å². The number of carbonyl (C=O) groups excluding carboxylic acids is 2. The molecule has 0 aliphatic heterocycles. The van der Waals surface area contributed by atoms with Crippen molar-refractivity contribution in [3.8, 4) is 0 Å². The second kappa shape index (κ2) is 6.16. The third kappa shape index (κ3) is 3.07. The van der Waals surface area contributed by atoms with Crippen LogP contribution in [0.4, 0.5) is 0 Å². The zero-order valence-electron chi connectivity index (χ0n) is 9.97. The molecule has 18 heavy (non-hydrogen) atoms. The van der Waals surface area contributed by atoms with Gasteiger partial charge in [0.1, 0.15) is 5.15 Å². The van der Waals surface area contributed by atoms with Gasteiger partial charge < -0.3 is 9.47 Å². The van der Waals surface area contributed by atoms with Gasteiger partial charge >= 0.3 is 11.9 Å². The summed E-state index contributed by atoms with van der Waals surface area (Å²) in [6, 6.07) is 3.14. The molecule has 1 heterocycles. The third-order valence-electron chi connectivity index (χ3n) is 2.32. The first-order valence-electron chi connectivity index (χ1n) is 4.97. The average molecular weight is 270 g/mol. The molecule has 0 fully saturated rings. The Hall–Kier alpha value is -1.88. The second-order valence-electron chi connectivity index (χ2n) is 3.37. The molecule has 0 aliphatic carbocycles. The molecule has 0 saturated carbocycles. The van der Waals surface area contributed by atoms with Crippen LogP contribution in [0.25, 0.3) is 5.57 Å². The number of methoxy groups -OCH3 is 2. The highest BCUT2D eigenvalue weighted by Gasteiger charge is 2.32. The SMILES string of the molecule is C=C(c1ccc(Cl)nc1)C(C(=O)OC)C(=O)OC. The van der Waals surface area contributed by atoms with Crippen molar-refractivity contribution in [1.82, 2.24) is 4.98 Å². The number of hydrogen-bond acceptors (Lipinski definition) is 5. The van der Waals surface area contributed by atoms with Crippen molar-refractivity contribution in [2.75, 3.05) is 14.2 Å².